The van der Waals surface area contributed by atoms with Gasteiger partial charge in [0.25, 0.3) is 5.91 Å². The van der Waals surface area contributed by atoms with E-state index >= 15 is 0 Å². The third-order valence-corrected chi connectivity index (χ3v) is 4.54. The third-order valence-electron chi connectivity index (χ3n) is 4.30. The van der Waals surface area contributed by atoms with Gasteiger partial charge in [-0.2, -0.15) is 4.98 Å². The van der Waals surface area contributed by atoms with Crippen LogP contribution in [0.15, 0.2) is 58.0 Å². The topological polar surface area (TPSA) is 104 Å². The number of rotatable bonds is 7. The van der Waals surface area contributed by atoms with Gasteiger partial charge >= 0.3 is 0 Å². The molecule has 1 aromatic heterocycles. The van der Waals surface area contributed by atoms with E-state index in [-0.39, 0.29) is 5.91 Å². The van der Waals surface area contributed by atoms with Crippen molar-refractivity contribution in [3.63, 3.8) is 0 Å². The third kappa shape index (κ3) is 5.81. The normalized spacial score (nSPS) is 11.2. The summed E-state index contributed by atoms with van der Waals surface area (Å²) in [5.41, 5.74) is 2.49. The zero-order valence-electron chi connectivity index (χ0n) is 16.8. The Balaban J connectivity index is 1.49. The molecule has 30 heavy (non-hydrogen) atoms. The van der Waals surface area contributed by atoms with Crippen LogP contribution < -0.4 is 16.0 Å². The van der Waals surface area contributed by atoms with Gasteiger partial charge in [0, 0.05) is 36.8 Å². The fourth-order valence-corrected chi connectivity index (χ4v) is 2.98. The zero-order valence-corrected chi connectivity index (χ0v) is 17.5. The lowest BCUT2D eigenvalue weighted by atomic mass is 10.1. The van der Waals surface area contributed by atoms with Gasteiger partial charge in [-0.15, -0.1) is 0 Å². The average Bonchev–Trinajstić information content (AvgIpc) is 3.25. The molecule has 156 valence electrons. The lowest BCUT2D eigenvalue weighted by molar-refractivity contribution is 0.0963. The maximum atomic E-state index is 11.7. The van der Waals surface area contributed by atoms with Crippen LogP contribution >= 0.6 is 11.6 Å². The molecule has 1 amide bonds. The number of hydrogen-bond acceptors (Lipinski definition) is 5. The number of halogens is 1. The lowest BCUT2D eigenvalue weighted by Crippen LogP contribution is -2.37. The van der Waals surface area contributed by atoms with Crippen LogP contribution in [0, 0.1) is 0 Å². The molecular weight excluding hydrogens is 404 g/mol. The maximum Gasteiger partial charge on any atom is 0.251 e. The van der Waals surface area contributed by atoms with Crippen LogP contribution in [0.1, 0.15) is 21.8 Å². The first-order valence-electron chi connectivity index (χ1n) is 9.43. The molecule has 0 fully saturated rings. The first kappa shape index (κ1) is 21.3. The number of guanidine groups is 1. The van der Waals surface area contributed by atoms with Crippen LogP contribution in [0.2, 0.25) is 5.02 Å². The number of nitrogens with one attached hydrogen (secondary N) is 3. The van der Waals surface area contributed by atoms with Crippen molar-refractivity contribution in [2.45, 2.75) is 13.0 Å². The van der Waals surface area contributed by atoms with Gasteiger partial charge in [0.05, 0.1) is 6.54 Å². The van der Waals surface area contributed by atoms with Crippen LogP contribution in [-0.4, -0.2) is 42.6 Å². The average molecular weight is 427 g/mol. The Hall–Kier alpha value is -3.39. The van der Waals surface area contributed by atoms with Gasteiger partial charge in [-0.25, -0.2) is 0 Å². The highest BCUT2D eigenvalue weighted by atomic mass is 35.5. The molecule has 3 aromatic rings. The lowest BCUT2D eigenvalue weighted by Gasteiger charge is -2.10. The first-order valence-corrected chi connectivity index (χ1v) is 9.81. The second-order valence-electron chi connectivity index (χ2n) is 6.40. The number of carbonyl (C=O) groups excluding carboxylic acids is 1. The minimum Gasteiger partial charge on any atom is -0.356 e. The fourth-order valence-electron chi connectivity index (χ4n) is 2.79. The minimum atomic E-state index is -0.0982. The molecule has 3 N–H and O–H groups in total. The Morgan fingerprint density at radius 2 is 2.00 bits per heavy atom. The summed E-state index contributed by atoms with van der Waals surface area (Å²) < 4.78 is 5.29. The summed E-state index contributed by atoms with van der Waals surface area (Å²) in [7, 11) is 3.31. The van der Waals surface area contributed by atoms with Crippen LogP contribution in [0.5, 0.6) is 0 Å². The van der Waals surface area contributed by atoms with E-state index in [0.29, 0.717) is 41.4 Å². The van der Waals surface area contributed by atoms with Gasteiger partial charge in [0.1, 0.15) is 0 Å². The summed E-state index contributed by atoms with van der Waals surface area (Å²) in [5, 5.41) is 13.6. The van der Waals surface area contributed by atoms with E-state index < -0.39 is 0 Å². The van der Waals surface area contributed by atoms with Crippen molar-refractivity contribution in [3.8, 4) is 11.4 Å². The highest BCUT2D eigenvalue weighted by Crippen LogP contribution is 2.19. The van der Waals surface area contributed by atoms with E-state index in [0.717, 1.165) is 17.5 Å². The van der Waals surface area contributed by atoms with Crippen molar-refractivity contribution < 1.29 is 9.32 Å². The summed E-state index contributed by atoms with van der Waals surface area (Å²) in [6, 6.07) is 14.8. The first-order chi connectivity index (χ1) is 14.6. The number of carbonyl (C=O) groups is 1. The fraction of sp³-hybridized carbons (Fsp3) is 0.238. The minimum absolute atomic E-state index is 0.0982. The molecule has 0 bridgehead atoms. The Morgan fingerprint density at radius 3 is 2.77 bits per heavy atom. The van der Waals surface area contributed by atoms with Crippen molar-refractivity contribution in [1.82, 2.24) is 26.1 Å². The Morgan fingerprint density at radius 1 is 1.17 bits per heavy atom. The molecule has 0 saturated heterocycles. The zero-order chi connectivity index (χ0) is 21.3. The van der Waals surface area contributed by atoms with Crippen molar-refractivity contribution in [2.24, 2.45) is 4.99 Å². The van der Waals surface area contributed by atoms with Crippen LogP contribution in [0.4, 0.5) is 0 Å². The Labute approximate surface area is 179 Å². The summed E-state index contributed by atoms with van der Waals surface area (Å²) in [5.74, 6) is 1.43. The molecule has 9 heteroatoms. The highest BCUT2D eigenvalue weighted by Gasteiger charge is 2.10. The molecule has 1 heterocycles. The predicted octanol–water partition coefficient (Wildman–Crippen LogP) is 2.66. The highest BCUT2D eigenvalue weighted by molar-refractivity contribution is 6.30. The summed E-state index contributed by atoms with van der Waals surface area (Å²) >= 11 is 6.00. The summed E-state index contributed by atoms with van der Waals surface area (Å²) in [4.78, 5) is 20.3. The SMILES string of the molecule is CN=C(NCCc1cccc(C(=O)NC)c1)NCc1nc(-c2cccc(Cl)c2)no1. The van der Waals surface area contributed by atoms with E-state index in [2.05, 4.69) is 31.1 Å². The number of aromatic nitrogens is 2. The standard InChI is InChI=1S/C21H23ClN6O2/c1-23-20(29)16-7-3-5-14(11-16)9-10-25-21(24-2)26-13-18-27-19(28-30-18)15-6-4-8-17(22)12-15/h3-8,11-12H,9-10,13H2,1-2H3,(H,23,29)(H2,24,25,26). The van der Waals surface area contributed by atoms with E-state index in [9.17, 15) is 4.79 Å². The van der Waals surface area contributed by atoms with Gasteiger partial charge in [-0.1, -0.05) is 41.0 Å². The second kappa shape index (κ2) is 10.4. The molecule has 0 aliphatic carbocycles. The van der Waals surface area contributed by atoms with E-state index in [1.54, 1.807) is 32.3 Å². The smallest absolute Gasteiger partial charge is 0.251 e. The molecule has 0 unspecified atom stereocenters. The van der Waals surface area contributed by atoms with Crippen LogP contribution in [0.3, 0.4) is 0 Å². The molecule has 0 aliphatic heterocycles. The van der Waals surface area contributed by atoms with Gasteiger partial charge < -0.3 is 20.5 Å². The van der Waals surface area contributed by atoms with Gasteiger partial charge in [0.15, 0.2) is 5.96 Å². The number of nitrogens with zero attached hydrogens (tertiary/aromatic N) is 3. The number of aliphatic imine (C=N–C) groups is 1. The van der Waals surface area contributed by atoms with Crippen molar-refractivity contribution >= 4 is 23.5 Å². The van der Waals surface area contributed by atoms with E-state index in [1.807, 2.05) is 30.3 Å². The molecule has 3 rings (SSSR count). The summed E-state index contributed by atoms with van der Waals surface area (Å²) in [6.45, 7) is 0.980. The molecule has 0 atom stereocenters. The molecule has 2 aromatic carbocycles. The molecule has 0 spiro atoms. The quantitative estimate of drug-likeness (QED) is 0.396. The Kier molecular flexibility index (Phi) is 7.40. The number of amides is 1. The molecule has 8 nitrogen and oxygen atoms in total. The van der Waals surface area contributed by atoms with Crippen LogP contribution in [-0.2, 0) is 13.0 Å². The van der Waals surface area contributed by atoms with Gasteiger partial charge in [0.2, 0.25) is 11.7 Å². The molecule has 0 saturated carbocycles. The van der Waals surface area contributed by atoms with Gasteiger partial charge in [-0.3, -0.25) is 9.79 Å². The molecule has 0 radical (unpaired) electrons. The second-order valence-corrected chi connectivity index (χ2v) is 6.84. The van der Waals surface area contributed by atoms with E-state index in [4.69, 9.17) is 16.1 Å². The number of benzene rings is 2. The van der Waals surface area contributed by atoms with Crippen molar-refractivity contribution in [2.75, 3.05) is 20.6 Å². The predicted molar refractivity (Wildman–Crippen MR) is 116 cm³/mol. The monoisotopic (exact) mass is 426 g/mol. The van der Waals surface area contributed by atoms with Gasteiger partial charge in [-0.05, 0) is 36.2 Å². The van der Waals surface area contributed by atoms with Crippen LogP contribution in [0.25, 0.3) is 11.4 Å². The largest absolute Gasteiger partial charge is 0.356 e. The summed E-state index contributed by atoms with van der Waals surface area (Å²) in [6.07, 6.45) is 0.741. The van der Waals surface area contributed by atoms with E-state index in [1.165, 1.54) is 0 Å². The maximum absolute atomic E-state index is 11.7. The Bertz CT molecular complexity index is 1030. The van der Waals surface area contributed by atoms with Crippen molar-refractivity contribution in [3.05, 3.63) is 70.6 Å². The molecule has 0 aliphatic rings. The molecular formula is C21H23ClN6O2. The number of hydrogen-bond donors (Lipinski definition) is 3. The van der Waals surface area contributed by atoms with Crippen molar-refractivity contribution in [1.29, 1.82) is 0 Å².